The van der Waals surface area contributed by atoms with Crippen LogP contribution in [0.3, 0.4) is 0 Å². The molecular weight excluding hydrogens is 404 g/mol. The Balaban J connectivity index is 1.72. The van der Waals surface area contributed by atoms with Gasteiger partial charge in [-0.1, -0.05) is 23.2 Å². The van der Waals surface area contributed by atoms with Gasteiger partial charge in [-0.25, -0.2) is 0 Å². The highest BCUT2D eigenvalue weighted by Gasteiger charge is 2.51. The number of hydrogen-bond acceptors (Lipinski definition) is 4. The summed E-state index contributed by atoms with van der Waals surface area (Å²) in [4.78, 5) is 1.08. The molecular formula is C18H13Cl2F3N2O2. The lowest BCUT2D eigenvalue weighted by Crippen LogP contribution is -2.42. The lowest BCUT2D eigenvalue weighted by Gasteiger charge is -2.26. The zero-order chi connectivity index (χ0) is 19.6. The fraction of sp³-hybridized carbons (Fsp3) is 0.278. The van der Waals surface area contributed by atoms with Gasteiger partial charge in [0.15, 0.2) is 0 Å². The fourth-order valence-electron chi connectivity index (χ4n) is 2.68. The van der Waals surface area contributed by atoms with E-state index in [1.807, 2.05) is 6.07 Å². The molecule has 2 atom stereocenters. The monoisotopic (exact) mass is 416 g/mol. The number of anilines is 1. The quantitative estimate of drug-likeness (QED) is 0.700. The van der Waals surface area contributed by atoms with E-state index in [-0.39, 0.29) is 28.9 Å². The van der Waals surface area contributed by atoms with E-state index < -0.39 is 18.5 Å². The van der Waals surface area contributed by atoms with Crippen LogP contribution in [-0.4, -0.2) is 31.7 Å². The molecule has 0 aliphatic carbocycles. The first-order valence-electron chi connectivity index (χ1n) is 7.85. The molecule has 0 bridgehead atoms. The molecule has 0 saturated carbocycles. The number of alkyl halides is 3. The van der Waals surface area contributed by atoms with Crippen LogP contribution in [0.5, 0.6) is 5.75 Å². The van der Waals surface area contributed by atoms with Crippen molar-refractivity contribution in [1.29, 1.82) is 5.26 Å². The van der Waals surface area contributed by atoms with E-state index in [1.54, 1.807) is 24.3 Å². The summed E-state index contributed by atoms with van der Waals surface area (Å²) in [6.45, 7) is -0.102. The first-order chi connectivity index (χ1) is 12.8. The molecule has 1 aliphatic heterocycles. The summed E-state index contributed by atoms with van der Waals surface area (Å²) in [5.41, 5.74) is 0.718. The highest BCUT2D eigenvalue weighted by atomic mass is 35.5. The highest BCUT2D eigenvalue weighted by Crippen LogP contribution is 2.37. The van der Waals surface area contributed by atoms with Crippen molar-refractivity contribution in [1.82, 2.24) is 0 Å². The first kappa shape index (κ1) is 19.6. The van der Waals surface area contributed by atoms with E-state index >= 15 is 0 Å². The normalized spacial score (nSPS) is 19.8. The van der Waals surface area contributed by atoms with Crippen LogP contribution in [0.25, 0.3) is 0 Å². The minimum atomic E-state index is -4.59. The molecule has 1 saturated heterocycles. The van der Waals surface area contributed by atoms with Gasteiger partial charge in [0.2, 0.25) is 6.23 Å². The molecule has 0 radical (unpaired) electrons. The number of ether oxygens (including phenoxy) is 2. The molecule has 1 heterocycles. The zero-order valence-corrected chi connectivity index (χ0v) is 15.2. The molecule has 3 rings (SSSR count). The van der Waals surface area contributed by atoms with Crippen molar-refractivity contribution >= 4 is 28.9 Å². The molecule has 4 nitrogen and oxygen atoms in total. The van der Waals surface area contributed by atoms with Crippen molar-refractivity contribution in [3.63, 3.8) is 0 Å². The van der Waals surface area contributed by atoms with E-state index in [1.165, 1.54) is 18.2 Å². The average molecular weight is 417 g/mol. The van der Waals surface area contributed by atoms with Crippen LogP contribution in [0, 0.1) is 11.3 Å². The van der Waals surface area contributed by atoms with Gasteiger partial charge in [0, 0.05) is 5.69 Å². The zero-order valence-electron chi connectivity index (χ0n) is 13.7. The summed E-state index contributed by atoms with van der Waals surface area (Å²) < 4.78 is 50.9. The third-order valence-corrected chi connectivity index (χ3v) is 4.68. The fourth-order valence-corrected chi connectivity index (χ4v) is 2.97. The summed E-state index contributed by atoms with van der Waals surface area (Å²) in [7, 11) is 0. The first-order valence-corrected chi connectivity index (χ1v) is 8.60. The number of halogens is 5. The predicted molar refractivity (Wildman–Crippen MR) is 95.2 cm³/mol. The standard InChI is InChI=1S/C18H13Cl2F3N2O2/c19-15-6-3-12(7-16(15)20)25-9-14(27-17(25)18(21,22)23)10-26-13-4-1-11(8-24)2-5-13/h1-7,14,17H,9-10H2/t14-,17+/m0/s1. The lowest BCUT2D eigenvalue weighted by atomic mass is 10.2. The summed E-state index contributed by atoms with van der Waals surface area (Å²) >= 11 is 11.8. The van der Waals surface area contributed by atoms with Gasteiger partial charge in [0.1, 0.15) is 18.5 Å². The topological polar surface area (TPSA) is 45.5 Å². The maximum absolute atomic E-state index is 13.4. The van der Waals surface area contributed by atoms with Gasteiger partial charge >= 0.3 is 6.18 Å². The van der Waals surface area contributed by atoms with Crippen molar-refractivity contribution in [2.45, 2.75) is 18.5 Å². The molecule has 27 heavy (non-hydrogen) atoms. The Labute approximate surface area is 163 Å². The van der Waals surface area contributed by atoms with Crippen LogP contribution < -0.4 is 9.64 Å². The maximum Gasteiger partial charge on any atom is 0.433 e. The molecule has 1 fully saturated rings. The van der Waals surface area contributed by atoms with Gasteiger partial charge in [-0.3, -0.25) is 0 Å². The molecule has 0 unspecified atom stereocenters. The van der Waals surface area contributed by atoms with E-state index in [9.17, 15) is 13.2 Å². The minimum absolute atomic E-state index is 0.0293. The number of nitriles is 1. The third kappa shape index (κ3) is 4.59. The highest BCUT2D eigenvalue weighted by molar-refractivity contribution is 6.42. The van der Waals surface area contributed by atoms with Gasteiger partial charge < -0.3 is 14.4 Å². The van der Waals surface area contributed by atoms with Crippen LogP contribution in [0.15, 0.2) is 42.5 Å². The molecule has 0 spiro atoms. The second-order valence-electron chi connectivity index (χ2n) is 5.85. The van der Waals surface area contributed by atoms with Crippen LogP contribution in [0.4, 0.5) is 18.9 Å². The Bertz CT molecular complexity index is 853. The number of nitrogens with zero attached hydrogens (tertiary/aromatic N) is 2. The summed E-state index contributed by atoms with van der Waals surface area (Å²) in [6, 6.07) is 12.5. The van der Waals surface area contributed by atoms with E-state index in [0.29, 0.717) is 11.3 Å². The van der Waals surface area contributed by atoms with Crippen LogP contribution >= 0.6 is 23.2 Å². The van der Waals surface area contributed by atoms with E-state index in [4.69, 9.17) is 37.9 Å². The Morgan fingerprint density at radius 3 is 2.44 bits per heavy atom. The predicted octanol–water partition coefficient (Wildman–Crippen LogP) is 5.04. The molecule has 0 amide bonds. The van der Waals surface area contributed by atoms with Crippen LogP contribution in [0.2, 0.25) is 10.0 Å². The Kier molecular flexibility index (Phi) is 5.70. The van der Waals surface area contributed by atoms with Gasteiger partial charge in [-0.05, 0) is 42.5 Å². The van der Waals surface area contributed by atoms with Gasteiger partial charge in [-0.15, -0.1) is 0 Å². The van der Waals surface area contributed by atoms with Crippen molar-refractivity contribution in [3.05, 3.63) is 58.1 Å². The molecule has 0 N–H and O–H groups in total. The Morgan fingerprint density at radius 1 is 1.15 bits per heavy atom. The Morgan fingerprint density at radius 2 is 1.85 bits per heavy atom. The lowest BCUT2D eigenvalue weighted by molar-refractivity contribution is -0.215. The van der Waals surface area contributed by atoms with E-state index in [0.717, 1.165) is 4.90 Å². The second-order valence-corrected chi connectivity index (χ2v) is 6.66. The molecule has 2 aromatic carbocycles. The smallest absolute Gasteiger partial charge is 0.433 e. The van der Waals surface area contributed by atoms with Crippen LogP contribution in [-0.2, 0) is 4.74 Å². The summed E-state index contributed by atoms with van der Waals surface area (Å²) in [6.07, 6.45) is -7.50. The molecule has 9 heteroatoms. The van der Waals surface area contributed by atoms with Crippen molar-refractivity contribution < 1.29 is 22.6 Å². The van der Waals surface area contributed by atoms with Gasteiger partial charge in [-0.2, -0.15) is 18.4 Å². The molecule has 0 aromatic heterocycles. The number of rotatable bonds is 4. The second kappa shape index (κ2) is 7.85. The van der Waals surface area contributed by atoms with Gasteiger partial charge in [0.05, 0.1) is 28.2 Å². The van der Waals surface area contributed by atoms with Crippen LogP contribution in [0.1, 0.15) is 5.56 Å². The number of hydrogen-bond donors (Lipinski definition) is 0. The van der Waals surface area contributed by atoms with Crippen molar-refractivity contribution in [3.8, 4) is 11.8 Å². The Hall–Kier alpha value is -2.14. The largest absolute Gasteiger partial charge is 0.491 e. The van der Waals surface area contributed by atoms with E-state index in [2.05, 4.69) is 0 Å². The van der Waals surface area contributed by atoms with Crippen molar-refractivity contribution in [2.24, 2.45) is 0 Å². The molecule has 142 valence electrons. The minimum Gasteiger partial charge on any atom is -0.491 e. The van der Waals surface area contributed by atoms with Gasteiger partial charge in [0.25, 0.3) is 0 Å². The molecule has 1 aliphatic rings. The summed E-state index contributed by atoms with van der Waals surface area (Å²) in [5, 5.41) is 9.18. The van der Waals surface area contributed by atoms with Crippen molar-refractivity contribution in [2.75, 3.05) is 18.1 Å². The molecule has 2 aromatic rings. The SMILES string of the molecule is N#Cc1ccc(OC[C@@H]2CN(c3ccc(Cl)c(Cl)c3)[C@@H](C(F)(F)F)O2)cc1. The average Bonchev–Trinajstić information content (AvgIpc) is 3.07. The summed E-state index contributed by atoms with van der Waals surface area (Å²) in [5.74, 6) is 0.439. The maximum atomic E-state index is 13.4. The third-order valence-electron chi connectivity index (χ3n) is 3.94. The number of benzene rings is 2.